The van der Waals surface area contributed by atoms with Crippen molar-refractivity contribution in [1.29, 1.82) is 0 Å². The number of likely N-dealkylation sites (tertiary alicyclic amines) is 1. The molecular formula is C25H35N5O2. The van der Waals surface area contributed by atoms with Crippen LogP contribution in [-0.2, 0) is 5.41 Å². The number of rotatable bonds is 5. The molecule has 7 nitrogen and oxygen atoms in total. The molecule has 1 spiro atoms. The lowest BCUT2D eigenvalue weighted by Crippen LogP contribution is -2.50. The number of primary amides is 1. The third-order valence-corrected chi connectivity index (χ3v) is 8.13. The van der Waals surface area contributed by atoms with Crippen LogP contribution in [0.4, 0.5) is 11.7 Å². The summed E-state index contributed by atoms with van der Waals surface area (Å²) in [5.74, 6) is 0.955. The van der Waals surface area contributed by atoms with E-state index in [9.17, 15) is 4.79 Å². The monoisotopic (exact) mass is 437 g/mol. The minimum Gasteiger partial charge on any atom is -0.418 e. The first-order chi connectivity index (χ1) is 15.4. The third-order valence-electron chi connectivity index (χ3n) is 8.13. The van der Waals surface area contributed by atoms with Crippen molar-refractivity contribution in [3.63, 3.8) is 0 Å². The fraction of sp³-hybridized carbons (Fsp3) is 0.600. The molecule has 0 radical (unpaired) electrons. The highest BCUT2D eigenvalue weighted by Crippen LogP contribution is 2.47. The van der Waals surface area contributed by atoms with Crippen LogP contribution in [-0.4, -0.2) is 55.1 Å². The summed E-state index contributed by atoms with van der Waals surface area (Å²) in [5.41, 5.74) is 9.79. The van der Waals surface area contributed by atoms with Crippen LogP contribution in [0, 0.1) is 18.8 Å². The highest BCUT2D eigenvalue weighted by molar-refractivity contribution is 5.89. The molecule has 3 N–H and O–H groups in total. The lowest BCUT2D eigenvalue weighted by atomic mass is 9.67. The third kappa shape index (κ3) is 3.87. The number of nitrogens with two attached hydrogens (primary N) is 1. The van der Waals surface area contributed by atoms with E-state index in [0.29, 0.717) is 17.3 Å². The molecule has 0 aliphatic carbocycles. The molecule has 5 rings (SSSR count). The van der Waals surface area contributed by atoms with Gasteiger partial charge >= 0.3 is 0 Å². The molecule has 0 saturated carbocycles. The minimum atomic E-state index is -0.567. The van der Waals surface area contributed by atoms with Crippen molar-refractivity contribution in [3.8, 4) is 0 Å². The van der Waals surface area contributed by atoms with Gasteiger partial charge in [0.25, 0.3) is 11.9 Å². The first kappa shape index (κ1) is 21.3. The summed E-state index contributed by atoms with van der Waals surface area (Å²) in [4.78, 5) is 20.2. The van der Waals surface area contributed by atoms with E-state index in [-0.39, 0.29) is 5.76 Å². The van der Waals surface area contributed by atoms with E-state index in [0.717, 1.165) is 38.4 Å². The van der Waals surface area contributed by atoms with Gasteiger partial charge in [-0.3, -0.25) is 4.79 Å². The molecule has 172 valence electrons. The molecule has 1 aromatic heterocycles. The van der Waals surface area contributed by atoms with E-state index in [1.165, 1.54) is 55.5 Å². The summed E-state index contributed by atoms with van der Waals surface area (Å²) < 4.78 is 5.49. The first-order valence-corrected chi connectivity index (χ1v) is 12.0. The Bertz CT molecular complexity index is 980. The topological polar surface area (TPSA) is 87.6 Å². The first-order valence-electron chi connectivity index (χ1n) is 12.0. The molecule has 1 amide bonds. The van der Waals surface area contributed by atoms with Crippen LogP contribution in [0.3, 0.4) is 0 Å². The lowest BCUT2D eigenvalue weighted by Gasteiger charge is -2.45. The zero-order valence-electron chi connectivity index (χ0n) is 19.3. The van der Waals surface area contributed by atoms with Crippen molar-refractivity contribution in [3.05, 3.63) is 41.3 Å². The van der Waals surface area contributed by atoms with E-state index >= 15 is 0 Å². The summed E-state index contributed by atoms with van der Waals surface area (Å²) in [6.45, 7) is 11.1. The maximum Gasteiger partial charge on any atom is 0.297 e. The number of carbonyl (C=O) groups is 1. The summed E-state index contributed by atoms with van der Waals surface area (Å²) in [6.07, 6.45) is 6.19. The van der Waals surface area contributed by atoms with Gasteiger partial charge in [-0.1, -0.05) is 19.1 Å². The molecule has 2 unspecified atom stereocenters. The summed E-state index contributed by atoms with van der Waals surface area (Å²) in [7, 11) is 0. The van der Waals surface area contributed by atoms with Crippen LogP contribution < -0.4 is 16.0 Å². The fourth-order valence-corrected chi connectivity index (χ4v) is 6.01. The quantitative estimate of drug-likeness (QED) is 0.746. The largest absolute Gasteiger partial charge is 0.418 e. The van der Waals surface area contributed by atoms with Gasteiger partial charge in [-0.05, 0) is 74.7 Å². The van der Waals surface area contributed by atoms with Crippen molar-refractivity contribution in [1.82, 2.24) is 9.88 Å². The Morgan fingerprint density at radius 1 is 1.31 bits per heavy atom. The van der Waals surface area contributed by atoms with E-state index < -0.39 is 5.91 Å². The minimum absolute atomic E-state index is 0.134. The zero-order valence-corrected chi connectivity index (χ0v) is 19.3. The normalized spacial score (nSPS) is 26.3. The number of anilines is 2. The molecule has 2 saturated heterocycles. The molecule has 2 aromatic rings. The molecule has 32 heavy (non-hydrogen) atoms. The number of carbonyl (C=O) groups excluding carboxylic acids is 1. The van der Waals surface area contributed by atoms with Crippen LogP contribution in [0.1, 0.15) is 54.3 Å². The molecule has 3 aliphatic heterocycles. The number of nitrogens with one attached hydrogen (secondary N) is 1. The number of aromatic nitrogens is 1. The number of hydrogen-bond acceptors (Lipinski definition) is 6. The maximum atomic E-state index is 11.2. The number of benzene rings is 1. The summed E-state index contributed by atoms with van der Waals surface area (Å²) in [5, 5.41) is 3.69. The number of fused-ring (bicyclic) bond motifs is 2. The maximum absolute atomic E-state index is 11.2. The van der Waals surface area contributed by atoms with Gasteiger partial charge < -0.3 is 25.3 Å². The molecule has 2 atom stereocenters. The number of piperidine rings is 2. The molecule has 2 fully saturated rings. The van der Waals surface area contributed by atoms with Gasteiger partial charge in [-0.15, -0.1) is 0 Å². The van der Waals surface area contributed by atoms with Crippen molar-refractivity contribution < 1.29 is 9.21 Å². The predicted octanol–water partition coefficient (Wildman–Crippen LogP) is 3.39. The van der Waals surface area contributed by atoms with Crippen LogP contribution in [0.15, 0.2) is 28.8 Å². The van der Waals surface area contributed by atoms with Gasteiger partial charge in [0.1, 0.15) is 0 Å². The van der Waals surface area contributed by atoms with E-state index in [1.54, 1.807) is 0 Å². The Hall–Kier alpha value is -2.54. The Labute approximate surface area is 190 Å². The molecule has 0 bridgehead atoms. The van der Waals surface area contributed by atoms with Crippen molar-refractivity contribution in [2.75, 3.05) is 49.5 Å². The summed E-state index contributed by atoms with van der Waals surface area (Å²) in [6, 6.07) is 7.47. The number of hydrogen-bond donors (Lipinski definition) is 2. The van der Waals surface area contributed by atoms with Gasteiger partial charge in [0.2, 0.25) is 5.76 Å². The van der Waals surface area contributed by atoms with Crippen molar-refractivity contribution >= 4 is 17.6 Å². The Morgan fingerprint density at radius 3 is 2.84 bits per heavy atom. The number of nitrogens with zero attached hydrogens (tertiary/aromatic N) is 3. The number of oxazole rings is 1. The average Bonchev–Trinajstić information content (AvgIpc) is 3.41. The van der Waals surface area contributed by atoms with Gasteiger partial charge in [0, 0.05) is 37.3 Å². The Balaban J connectivity index is 1.11. The standard InChI is InChI=1S/C25H35N5O2/c1-17-3-4-20-21(13-17)28-16-25(20)8-12-29(15-18(25)2)9-5-19-6-10-30(11-7-19)24-27-14-22(32-24)23(26)31/h3-4,13-14,18-19,28H,5-12,15-16H2,1-2H3,(H2,26,31). The molecule has 1 aromatic carbocycles. The zero-order chi connectivity index (χ0) is 22.3. The van der Waals surface area contributed by atoms with Crippen LogP contribution >= 0.6 is 0 Å². The highest BCUT2D eigenvalue weighted by Gasteiger charge is 2.46. The SMILES string of the molecule is Cc1ccc2c(c1)NCC21CCN(CCC2CCN(c3ncc(C(N)=O)o3)CC2)CC1C. The van der Waals surface area contributed by atoms with Gasteiger partial charge in [-0.25, -0.2) is 4.98 Å². The average molecular weight is 438 g/mol. The second-order valence-electron chi connectivity index (χ2n) is 10.1. The molecule has 7 heteroatoms. The van der Waals surface area contributed by atoms with Gasteiger partial charge in [0.05, 0.1) is 6.20 Å². The second kappa shape index (κ2) is 8.43. The van der Waals surface area contributed by atoms with Crippen LogP contribution in [0.2, 0.25) is 0 Å². The van der Waals surface area contributed by atoms with Gasteiger partial charge in [-0.2, -0.15) is 0 Å². The smallest absolute Gasteiger partial charge is 0.297 e. The Kier molecular flexibility index (Phi) is 5.61. The molecular weight excluding hydrogens is 402 g/mol. The van der Waals surface area contributed by atoms with Crippen molar-refractivity contribution in [2.45, 2.75) is 44.9 Å². The van der Waals surface area contributed by atoms with E-state index in [2.05, 4.69) is 52.1 Å². The Morgan fingerprint density at radius 2 is 2.12 bits per heavy atom. The van der Waals surface area contributed by atoms with Crippen LogP contribution in [0.5, 0.6) is 0 Å². The molecule has 3 aliphatic rings. The van der Waals surface area contributed by atoms with E-state index in [1.807, 2.05) is 0 Å². The van der Waals surface area contributed by atoms with Crippen LogP contribution in [0.25, 0.3) is 0 Å². The fourth-order valence-electron chi connectivity index (χ4n) is 6.01. The second-order valence-corrected chi connectivity index (χ2v) is 10.1. The van der Waals surface area contributed by atoms with Crippen molar-refractivity contribution in [2.24, 2.45) is 17.6 Å². The number of amides is 1. The molecule has 4 heterocycles. The predicted molar refractivity (Wildman–Crippen MR) is 126 cm³/mol. The summed E-state index contributed by atoms with van der Waals surface area (Å²) >= 11 is 0. The lowest BCUT2D eigenvalue weighted by molar-refractivity contribution is 0.0974. The van der Waals surface area contributed by atoms with E-state index in [4.69, 9.17) is 10.2 Å². The number of aryl methyl sites for hydroxylation is 1. The highest BCUT2D eigenvalue weighted by atomic mass is 16.4. The van der Waals surface area contributed by atoms with Gasteiger partial charge in [0.15, 0.2) is 0 Å².